The predicted molar refractivity (Wildman–Crippen MR) is 77.3 cm³/mol. The van der Waals surface area contributed by atoms with Gasteiger partial charge in [-0.05, 0) is 38.5 Å². The third kappa shape index (κ3) is 3.05. The second kappa shape index (κ2) is 6.25. The second-order valence-electron chi connectivity index (χ2n) is 6.65. The number of ether oxygens (including phenoxy) is 1. The van der Waals surface area contributed by atoms with Crippen molar-refractivity contribution in [1.29, 1.82) is 0 Å². The molecule has 1 saturated heterocycles. The van der Waals surface area contributed by atoms with E-state index < -0.39 is 0 Å². The third-order valence-corrected chi connectivity index (χ3v) is 4.90. The Kier molecular flexibility index (Phi) is 4.84. The zero-order chi connectivity index (χ0) is 14.9. The molecule has 0 amide bonds. The van der Waals surface area contributed by atoms with Gasteiger partial charge in [-0.3, -0.25) is 14.5 Å². The van der Waals surface area contributed by atoms with Crippen LogP contribution in [0.5, 0.6) is 0 Å². The Morgan fingerprint density at radius 2 is 2.00 bits per heavy atom. The highest BCUT2D eigenvalue weighted by Crippen LogP contribution is 2.41. The lowest BCUT2D eigenvalue weighted by Crippen LogP contribution is -2.59. The zero-order valence-corrected chi connectivity index (χ0v) is 13.1. The number of piperidine rings is 1. The molecule has 1 aliphatic heterocycles. The summed E-state index contributed by atoms with van der Waals surface area (Å²) in [5, 5.41) is 0. The molecule has 2 aliphatic rings. The van der Waals surface area contributed by atoms with Crippen LogP contribution in [0.4, 0.5) is 0 Å². The summed E-state index contributed by atoms with van der Waals surface area (Å²) >= 11 is 0. The minimum absolute atomic E-state index is 0.111. The van der Waals surface area contributed by atoms with E-state index in [1.165, 1.54) is 0 Å². The highest BCUT2D eigenvalue weighted by Gasteiger charge is 2.46. The summed E-state index contributed by atoms with van der Waals surface area (Å²) < 4.78 is 5.09. The lowest BCUT2D eigenvalue weighted by molar-refractivity contribution is -0.152. The Labute approximate surface area is 121 Å². The Morgan fingerprint density at radius 1 is 1.30 bits per heavy atom. The van der Waals surface area contributed by atoms with Gasteiger partial charge in [0.2, 0.25) is 0 Å². The van der Waals surface area contributed by atoms with Crippen LogP contribution in [0.2, 0.25) is 0 Å². The van der Waals surface area contributed by atoms with Crippen molar-refractivity contribution in [3.8, 4) is 0 Å². The summed E-state index contributed by atoms with van der Waals surface area (Å²) in [4.78, 5) is 26.4. The van der Waals surface area contributed by atoms with E-state index in [9.17, 15) is 9.59 Å². The molecule has 1 heterocycles. The molecule has 2 rings (SSSR count). The van der Waals surface area contributed by atoms with Crippen molar-refractivity contribution in [2.45, 2.75) is 59.0 Å². The van der Waals surface area contributed by atoms with Crippen LogP contribution in [-0.4, -0.2) is 41.9 Å². The fraction of sp³-hybridized carbons (Fsp3) is 0.875. The number of nitrogens with zero attached hydrogens (tertiary/aromatic N) is 1. The summed E-state index contributed by atoms with van der Waals surface area (Å²) in [7, 11) is 0. The number of carbonyl (C=O) groups excluding carboxylic acids is 2. The number of carbonyl (C=O) groups is 2. The van der Waals surface area contributed by atoms with Crippen LogP contribution in [0.3, 0.4) is 0 Å². The molecule has 0 spiro atoms. The molecule has 2 fully saturated rings. The number of hydrogen-bond donors (Lipinski definition) is 0. The number of ketones is 1. The van der Waals surface area contributed by atoms with Crippen LogP contribution in [0.15, 0.2) is 0 Å². The van der Waals surface area contributed by atoms with Crippen LogP contribution in [0.25, 0.3) is 0 Å². The Balaban J connectivity index is 2.16. The Hall–Kier alpha value is -0.900. The summed E-state index contributed by atoms with van der Waals surface area (Å²) in [6.07, 6.45) is 2.68. The molecule has 0 aromatic carbocycles. The monoisotopic (exact) mass is 281 g/mol. The van der Waals surface area contributed by atoms with Crippen molar-refractivity contribution < 1.29 is 14.3 Å². The van der Waals surface area contributed by atoms with Gasteiger partial charge in [0.25, 0.3) is 0 Å². The first-order chi connectivity index (χ1) is 9.43. The lowest BCUT2D eigenvalue weighted by atomic mass is 9.67. The molecule has 5 atom stereocenters. The summed E-state index contributed by atoms with van der Waals surface area (Å²) in [5.74, 6) is 1.40. The molecule has 4 heteroatoms. The molecular formula is C16H27NO3. The molecule has 0 aromatic heterocycles. The van der Waals surface area contributed by atoms with Crippen molar-refractivity contribution in [3.05, 3.63) is 0 Å². The highest BCUT2D eigenvalue weighted by molar-refractivity contribution is 5.84. The van der Waals surface area contributed by atoms with Gasteiger partial charge in [0.15, 0.2) is 0 Å². The maximum absolute atomic E-state index is 12.3. The molecule has 5 unspecified atom stereocenters. The van der Waals surface area contributed by atoms with Crippen LogP contribution in [0, 0.1) is 17.8 Å². The minimum atomic E-state index is -0.168. The van der Waals surface area contributed by atoms with Gasteiger partial charge in [0.1, 0.15) is 5.78 Å². The summed E-state index contributed by atoms with van der Waals surface area (Å²) in [6, 6.07) is 0.357. The van der Waals surface area contributed by atoms with Crippen molar-refractivity contribution in [2.24, 2.45) is 17.8 Å². The average molecular weight is 281 g/mol. The molecule has 4 nitrogen and oxygen atoms in total. The summed E-state index contributed by atoms with van der Waals surface area (Å²) in [6.45, 7) is 9.07. The topological polar surface area (TPSA) is 46.6 Å². The van der Waals surface area contributed by atoms with Crippen LogP contribution in [-0.2, 0) is 14.3 Å². The maximum atomic E-state index is 12.3. The first-order valence-corrected chi connectivity index (χ1v) is 7.88. The Bertz CT molecular complexity index is 382. The first kappa shape index (κ1) is 15.5. The molecular weight excluding hydrogens is 254 g/mol. The van der Waals surface area contributed by atoms with Gasteiger partial charge < -0.3 is 4.74 Å². The minimum Gasteiger partial charge on any atom is -0.465 e. The molecule has 20 heavy (non-hydrogen) atoms. The van der Waals surface area contributed by atoms with E-state index in [1.54, 1.807) is 0 Å². The molecule has 0 N–H and O–H groups in total. The number of rotatable bonds is 3. The fourth-order valence-electron chi connectivity index (χ4n) is 4.19. The van der Waals surface area contributed by atoms with Gasteiger partial charge in [-0.1, -0.05) is 13.8 Å². The van der Waals surface area contributed by atoms with E-state index in [1.807, 2.05) is 6.92 Å². The molecule has 1 saturated carbocycles. The van der Waals surface area contributed by atoms with Crippen molar-refractivity contribution in [3.63, 3.8) is 0 Å². The van der Waals surface area contributed by atoms with Gasteiger partial charge in [0.05, 0.1) is 13.2 Å². The highest BCUT2D eigenvalue weighted by atomic mass is 16.5. The van der Waals surface area contributed by atoms with E-state index in [4.69, 9.17) is 4.74 Å². The lowest BCUT2D eigenvalue weighted by Gasteiger charge is -2.50. The normalized spacial score (nSPS) is 38.4. The van der Waals surface area contributed by atoms with Gasteiger partial charge in [-0.25, -0.2) is 0 Å². The maximum Gasteiger partial charge on any atom is 0.320 e. The SMILES string of the molecule is CCOC(=O)CN1C(C)CC(=O)C2CC(C)CC(C)C21. The number of hydrogen-bond acceptors (Lipinski definition) is 4. The van der Waals surface area contributed by atoms with Gasteiger partial charge in [-0.2, -0.15) is 0 Å². The van der Waals surface area contributed by atoms with Gasteiger partial charge >= 0.3 is 5.97 Å². The fourth-order valence-corrected chi connectivity index (χ4v) is 4.19. The van der Waals surface area contributed by atoms with E-state index >= 15 is 0 Å². The molecule has 114 valence electrons. The standard InChI is InChI=1S/C16H27NO3/c1-5-20-15(19)9-17-12(4)8-14(18)13-7-10(2)6-11(3)16(13)17/h10-13,16H,5-9H2,1-4H3. The average Bonchev–Trinajstić information content (AvgIpc) is 2.34. The molecule has 1 aliphatic carbocycles. The Morgan fingerprint density at radius 3 is 2.65 bits per heavy atom. The molecule has 0 radical (unpaired) electrons. The van der Waals surface area contributed by atoms with Crippen molar-refractivity contribution in [1.82, 2.24) is 4.90 Å². The first-order valence-electron chi connectivity index (χ1n) is 7.88. The van der Waals surface area contributed by atoms with E-state index in [0.29, 0.717) is 37.2 Å². The van der Waals surface area contributed by atoms with Gasteiger partial charge in [-0.15, -0.1) is 0 Å². The third-order valence-electron chi connectivity index (χ3n) is 4.90. The summed E-state index contributed by atoms with van der Waals surface area (Å²) in [5.41, 5.74) is 0. The van der Waals surface area contributed by atoms with E-state index in [0.717, 1.165) is 12.8 Å². The van der Waals surface area contributed by atoms with Crippen molar-refractivity contribution >= 4 is 11.8 Å². The number of esters is 1. The van der Waals surface area contributed by atoms with Gasteiger partial charge in [0, 0.05) is 24.4 Å². The number of fused-ring (bicyclic) bond motifs is 1. The predicted octanol–water partition coefficient (Wildman–Crippen LogP) is 2.26. The second-order valence-corrected chi connectivity index (χ2v) is 6.65. The smallest absolute Gasteiger partial charge is 0.320 e. The number of likely N-dealkylation sites (tertiary alicyclic amines) is 1. The largest absolute Gasteiger partial charge is 0.465 e. The van der Waals surface area contributed by atoms with Crippen LogP contribution < -0.4 is 0 Å². The van der Waals surface area contributed by atoms with E-state index in [2.05, 4.69) is 25.7 Å². The van der Waals surface area contributed by atoms with Crippen molar-refractivity contribution in [2.75, 3.05) is 13.2 Å². The zero-order valence-electron chi connectivity index (χ0n) is 13.1. The number of Topliss-reactive ketones (excluding diaryl/α,β-unsaturated/α-hetero) is 1. The van der Waals surface area contributed by atoms with Crippen LogP contribution >= 0.6 is 0 Å². The van der Waals surface area contributed by atoms with E-state index in [-0.39, 0.29) is 24.0 Å². The molecule has 0 bridgehead atoms. The van der Waals surface area contributed by atoms with Crippen LogP contribution in [0.1, 0.15) is 47.0 Å². The quantitative estimate of drug-likeness (QED) is 0.745. The molecule has 0 aromatic rings.